The van der Waals surface area contributed by atoms with Crippen LogP contribution in [0.4, 0.5) is 26.3 Å². The van der Waals surface area contributed by atoms with E-state index in [1.165, 1.54) is 19.4 Å². The summed E-state index contributed by atoms with van der Waals surface area (Å²) in [5.74, 6) is -3.71. The maximum atomic E-state index is 10.6. The Morgan fingerprint density at radius 1 is 1.15 bits per heavy atom. The fourth-order valence-corrected chi connectivity index (χ4v) is 3.73. The van der Waals surface area contributed by atoms with Crippen molar-refractivity contribution in [3.05, 3.63) is 24.2 Å². The van der Waals surface area contributed by atoms with E-state index in [-0.39, 0.29) is 0 Å². The number of carboxylic acids is 2. The lowest BCUT2D eigenvalue weighted by Crippen LogP contribution is -2.71. The Kier molecular flexibility index (Phi) is 10.8. The second-order valence-electron chi connectivity index (χ2n) is 7.99. The summed E-state index contributed by atoms with van der Waals surface area (Å²) in [6.45, 7) is 8.32. The summed E-state index contributed by atoms with van der Waals surface area (Å²) in [5, 5.41) is 14.2. The molecule has 1 unspecified atom stereocenters. The summed E-state index contributed by atoms with van der Waals surface area (Å²) in [7, 11) is 2.28. The van der Waals surface area contributed by atoms with E-state index in [2.05, 4.69) is 29.8 Å². The van der Waals surface area contributed by atoms with Crippen LogP contribution >= 0.6 is 0 Å². The quantitative estimate of drug-likeness (QED) is 0.586. The zero-order chi connectivity index (χ0) is 26.2. The van der Waals surface area contributed by atoms with E-state index >= 15 is 0 Å². The first-order valence-corrected chi connectivity index (χ1v) is 10.2. The number of ether oxygens (including phenoxy) is 1. The Labute approximate surface area is 192 Å². The Morgan fingerprint density at radius 3 is 2.09 bits per heavy atom. The smallest absolute Gasteiger partial charge is 0.475 e. The topological polar surface area (TPSA) is 103 Å². The van der Waals surface area contributed by atoms with Crippen LogP contribution in [0.5, 0.6) is 0 Å². The Bertz CT molecular complexity index is 737. The van der Waals surface area contributed by atoms with Gasteiger partial charge < -0.3 is 19.4 Å². The SMILES string of the molecule is CCOCC1CCN(C)C2(C1)CN(Cc1ccco1)C2.O=C(O)C(F)(F)F.O=C(O)C(F)(F)F. The van der Waals surface area contributed by atoms with Crippen LogP contribution in [0.25, 0.3) is 0 Å². The average molecular weight is 506 g/mol. The van der Waals surface area contributed by atoms with Crippen LogP contribution in [0.3, 0.4) is 0 Å². The van der Waals surface area contributed by atoms with Crippen LogP contribution in [0.2, 0.25) is 0 Å². The third-order valence-corrected chi connectivity index (χ3v) is 5.39. The molecule has 3 rings (SSSR count). The van der Waals surface area contributed by atoms with Gasteiger partial charge in [-0.1, -0.05) is 0 Å². The van der Waals surface area contributed by atoms with Crippen molar-refractivity contribution in [2.45, 2.75) is 44.2 Å². The van der Waals surface area contributed by atoms with E-state index in [0.29, 0.717) is 5.54 Å². The summed E-state index contributed by atoms with van der Waals surface area (Å²) in [4.78, 5) is 22.8. The molecule has 0 radical (unpaired) electrons. The van der Waals surface area contributed by atoms with Gasteiger partial charge in [-0.3, -0.25) is 9.80 Å². The molecule has 0 saturated carbocycles. The summed E-state index contributed by atoms with van der Waals surface area (Å²) in [6.07, 6.45) is -5.86. The summed E-state index contributed by atoms with van der Waals surface area (Å²) in [5.41, 5.74) is 0.382. The first kappa shape index (κ1) is 29.7. The van der Waals surface area contributed by atoms with Crippen LogP contribution in [-0.2, 0) is 20.9 Å². The minimum atomic E-state index is -5.08. The van der Waals surface area contributed by atoms with Crippen molar-refractivity contribution in [2.75, 3.05) is 39.9 Å². The molecule has 2 fully saturated rings. The molecule has 2 aliphatic heterocycles. The molecule has 1 aromatic heterocycles. The van der Waals surface area contributed by atoms with E-state index < -0.39 is 24.3 Å². The molecular weight excluding hydrogens is 478 g/mol. The second kappa shape index (κ2) is 12.4. The highest BCUT2D eigenvalue weighted by Crippen LogP contribution is 2.38. The number of rotatable bonds is 5. The maximum absolute atomic E-state index is 10.6. The molecule has 14 heteroatoms. The molecule has 0 aliphatic carbocycles. The van der Waals surface area contributed by atoms with Crippen LogP contribution in [-0.4, -0.2) is 89.7 Å². The van der Waals surface area contributed by atoms with Gasteiger partial charge >= 0.3 is 24.3 Å². The fraction of sp³-hybridized carbons (Fsp3) is 0.700. The van der Waals surface area contributed by atoms with Gasteiger partial charge in [0.2, 0.25) is 0 Å². The zero-order valence-electron chi connectivity index (χ0n) is 18.7. The minimum absolute atomic E-state index is 0.382. The first-order chi connectivity index (χ1) is 15.6. The predicted molar refractivity (Wildman–Crippen MR) is 106 cm³/mol. The number of hydrogen-bond acceptors (Lipinski definition) is 6. The highest BCUT2D eigenvalue weighted by atomic mass is 19.4. The lowest BCUT2D eigenvalue weighted by atomic mass is 9.75. The van der Waals surface area contributed by atoms with Gasteiger partial charge in [-0.25, -0.2) is 9.59 Å². The number of nitrogens with zero attached hydrogens (tertiary/aromatic N) is 2. The van der Waals surface area contributed by atoms with Crippen LogP contribution in [0, 0.1) is 5.92 Å². The number of carboxylic acid groups (broad SMARTS) is 2. The van der Waals surface area contributed by atoms with Crippen molar-refractivity contribution in [2.24, 2.45) is 5.92 Å². The molecule has 34 heavy (non-hydrogen) atoms. The molecule has 1 spiro atoms. The fourth-order valence-electron chi connectivity index (χ4n) is 3.73. The summed E-state index contributed by atoms with van der Waals surface area (Å²) >= 11 is 0. The van der Waals surface area contributed by atoms with E-state index in [0.717, 1.165) is 44.5 Å². The monoisotopic (exact) mass is 506 g/mol. The molecular formula is C20H28F6N2O6. The van der Waals surface area contributed by atoms with E-state index in [9.17, 15) is 26.3 Å². The van der Waals surface area contributed by atoms with Crippen LogP contribution in [0.1, 0.15) is 25.5 Å². The normalized spacial score (nSPS) is 20.4. The number of hydrogen-bond donors (Lipinski definition) is 2. The summed E-state index contributed by atoms with van der Waals surface area (Å²) < 4.78 is 74.5. The number of likely N-dealkylation sites (N-methyl/N-ethyl adjacent to an activating group) is 1. The van der Waals surface area contributed by atoms with Gasteiger partial charge in [-0.05, 0) is 51.4 Å². The van der Waals surface area contributed by atoms with Crippen LogP contribution in [0.15, 0.2) is 22.8 Å². The molecule has 1 atom stereocenters. The highest BCUT2D eigenvalue weighted by molar-refractivity contribution is 5.73. The molecule has 1 aromatic rings. The number of piperidine rings is 1. The number of carbonyl (C=O) groups is 2. The first-order valence-electron chi connectivity index (χ1n) is 10.2. The molecule has 0 amide bonds. The minimum Gasteiger partial charge on any atom is -0.475 e. The number of likely N-dealkylation sites (tertiary alicyclic amines) is 2. The van der Waals surface area contributed by atoms with Gasteiger partial charge in [0, 0.05) is 31.8 Å². The van der Waals surface area contributed by atoms with Gasteiger partial charge in [0.05, 0.1) is 12.8 Å². The lowest BCUT2D eigenvalue weighted by Gasteiger charge is -2.58. The number of halogens is 6. The standard InChI is InChI=1S/C16H26N2O2.2C2HF3O2/c1-3-19-11-14-6-7-17(2)16(9-14)12-18(13-16)10-15-5-4-8-20-15;2*3-2(4,5)1(6)7/h4-5,8,14H,3,6-7,9-13H2,1-2H3;2*(H,6,7). The van der Waals surface area contributed by atoms with Crippen molar-refractivity contribution in [3.63, 3.8) is 0 Å². The van der Waals surface area contributed by atoms with Crippen molar-refractivity contribution in [1.29, 1.82) is 0 Å². The third-order valence-electron chi connectivity index (χ3n) is 5.39. The maximum Gasteiger partial charge on any atom is 0.490 e. The largest absolute Gasteiger partial charge is 0.490 e. The summed E-state index contributed by atoms with van der Waals surface area (Å²) in [6, 6.07) is 4.03. The van der Waals surface area contributed by atoms with E-state index in [1.807, 2.05) is 6.07 Å². The number of alkyl halides is 6. The molecule has 8 nitrogen and oxygen atoms in total. The Balaban J connectivity index is 0.000000343. The highest BCUT2D eigenvalue weighted by Gasteiger charge is 2.49. The van der Waals surface area contributed by atoms with Gasteiger partial charge in [-0.15, -0.1) is 0 Å². The molecule has 0 bridgehead atoms. The van der Waals surface area contributed by atoms with Crippen molar-refractivity contribution >= 4 is 11.9 Å². The molecule has 2 aliphatic rings. The average Bonchev–Trinajstić information content (AvgIpc) is 3.20. The van der Waals surface area contributed by atoms with E-state index in [4.69, 9.17) is 29.0 Å². The van der Waals surface area contributed by atoms with Gasteiger partial charge in [-0.2, -0.15) is 26.3 Å². The molecule has 2 N–H and O–H groups in total. The second-order valence-corrected chi connectivity index (χ2v) is 7.99. The van der Waals surface area contributed by atoms with Crippen molar-refractivity contribution in [1.82, 2.24) is 9.80 Å². The number of furan rings is 1. The third kappa shape index (κ3) is 9.50. The Morgan fingerprint density at radius 2 is 1.68 bits per heavy atom. The van der Waals surface area contributed by atoms with E-state index in [1.54, 1.807) is 6.26 Å². The van der Waals surface area contributed by atoms with Crippen LogP contribution < -0.4 is 0 Å². The van der Waals surface area contributed by atoms with Gasteiger partial charge in [0.1, 0.15) is 5.76 Å². The molecule has 0 aromatic carbocycles. The molecule has 196 valence electrons. The molecule has 3 heterocycles. The zero-order valence-corrected chi connectivity index (χ0v) is 18.7. The van der Waals surface area contributed by atoms with Gasteiger partial charge in [0.15, 0.2) is 0 Å². The lowest BCUT2D eigenvalue weighted by molar-refractivity contribution is -0.193. The predicted octanol–water partition coefficient (Wildman–Crippen LogP) is 3.48. The van der Waals surface area contributed by atoms with Gasteiger partial charge in [0.25, 0.3) is 0 Å². The molecule has 2 saturated heterocycles. The van der Waals surface area contributed by atoms with Crippen molar-refractivity contribution < 1.29 is 55.3 Å². The Hall–Kier alpha value is -2.32. The number of aliphatic carboxylic acids is 2. The van der Waals surface area contributed by atoms with Crippen molar-refractivity contribution in [3.8, 4) is 0 Å².